The molecule has 0 aliphatic heterocycles. The maximum atomic E-state index is 5.88. The molecule has 0 radical (unpaired) electrons. The van der Waals surface area contributed by atoms with Crippen LogP contribution in [0.15, 0.2) is 42.5 Å². The van der Waals surface area contributed by atoms with Gasteiger partial charge in [-0.2, -0.15) is 0 Å². The molecule has 2 aromatic carbocycles. The van der Waals surface area contributed by atoms with Crippen LogP contribution in [0.25, 0.3) is 11.1 Å². The summed E-state index contributed by atoms with van der Waals surface area (Å²) in [5.41, 5.74) is 21.3. The molecule has 0 amide bonds. The van der Waals surface area contributed by atoms with Crippen LogP contribution in [-0.4, -0.2) is 0 Å². The lowest BCUT2D eigenvalue weighted by Crippen LogP contribution is -1.93. The van der Waals surface area contributed by atoms with Gasteiger partial charge in [0.05, 0.1) is 0 Å². The first-order chi connectivity index (χ1) is 7.16. The van der Waals surface area contributed by atoms with Crippen molar-refractivity contribution in [2.75, 3.05) is 17.2 Å². The van der Waals surface area contributed by atoms with Crippen molar-refractivity contribution in [2.45, 2.75) is 0 Å². The molecule has 17 heavy (non-hydrogen) atoms. The topological polar surface area (TPSA) is 78.1 Å². The van der Waals surface area contributed by atoms with Gasteiger partial charge in [0, 0.05) is 22.6 Å². The summed E-state index contributed by atoms with van der Waals surface area (Å²) >= 11 is 0. The van der Waals surface area contributed by atoms with E-state index in [2.05, 4.69) is 0 Å². The molecule has 0 spiro atoms. The molecular formula is C12H15Cl2N3. The molecule has 0 fully saturated rings. The molecule has 0 saturated carbocycles. The summed E-state index contributed by atoms with van der Waals surface area (Å²) in [6.07, 6.45) is 0. The molecule has 0 unspecified atom stereocenters. The van der Waals surface area contributed by atoms with Crippen LogP contribution in [0.5, 0.6) is 0 Å². The van der Waals surface area contributed by atoms with Gasteiger partial charge in [0.15, 0.2) is 0 Å². The van der Waals surface area contributed by atoms with Crippen molar-refractivity contribution in [3.05, 3.63) is 42.5 Å². The molecule has 2 aromatic rings. The smallest absolute Gasteiger partial charge is 0.0395 e. The molecule has 0 aliphatic rings. The third kappa shape index (κ3) is 3.44. The Labute approximate surface area is 113 Å². The predicted octanol–water partition coefficient (Wildman–Crippen LogP) is 2.94. The number of nitrogens with two attached hydrogens (primary N) is 3. The molecule has 0 atom stereocenters. The van der Waals surface area contributed by atoms with Crippen molar-refractivity contribution in [1.29, 1.82) is 0 Å². The summed E-state index contributed by atoms with van der Waals surface area (Å²) in [4.78, 5) is 0. The zero-order valence-corrected chi connectivity index (χ0v) is 10.7. The quantitative estimate of drug-likeness (QED) is 0.698. The minimum absolute atomic E-state index is 0. The fourth-order valence-electron chi connectivity index (χ4n) is 1.53. The monoisotopic (exact) mass is 271 g/mol. The van der Waals surface area contributed by atoms with E-state index >= 15 is 0 Å². The fraction of sp³-hybridized carbons (Fsp3) is 0. The Morgan fingerprint density at radius 3 is 2.00 bits per heavy atom. The molecule has 3 nitrogen and oxygen atoms in total. The van der Waals surface area contributed by atoms with Crippen molar-refractivity contribution in [3.63, 3.8) is 0 Å². The highest BCUT2D eigenvalue weighted by atomic mass is 35.5. The normalized spacial score (nSPS) is 8.94. The van der Waals surface area contributed by atoms with E-state index in [0.717, 1.165) is 11.1 Å². The SMILES string of the molecule is Cl.Cl.Nc1cccc(-c2cc(N)ccc2N)c1. The minimum Gasteiger partial charge on any atom is -0.399 e. The number of halogens is 2. The van der Waals surface area contributed by atoms with Gasteiger partial charge < -0.3 is 17.2 Å². The third-order valence-electron chi connectivity index (χ3n) is 2.27. The van der Waals surface area contributed by atoms with E-state index in [1.165, 1.54) is 0 Å². The lowest BCUT2D eigenvalue weighted by atomic mass is 10.0. The highest BCUT2D eigenvalue weighted by Crippen LogP contribution is 2.28. The van der Waals surface area contributed by atoms with Crippen molar-refractivity contribution < 1.29 is 0 Å². The van der Waals surface area contributed by atoms with E-state index in [1.54, 1.807) is 12.1 Å². The van der Waals surface area contributed by atoms with E-state index in [-0.39, 0.29) is 24.8 Å². The molecule has 0 aromatic heterocycles. The van der Waals surface area contributed by atoms with Gasteiger partial charge in [-0.25, -0.2) is 0 Å². The summed E-state index contributed by atoms with van der Waals surface area (Å²) < 4.78 is 0. The van der Waals surface area contributed by atoms with Crippen molar-refractivity contribution in [3.8, 4) is 11.1 Å². The molecule has 0 bridgehead atoms. The summed E-state index contributed by atoms with van der Waals surface area (Å²) in [6.45, 7) is 0. The van der Waals surface area contributed by atoms with Crippen LogP contribution < -0.4 is 17.2 Å². The highest BCUT2D eigenvalue weighted by Gasteiger charge is 2.02. The van der Waals surface area contributed by atoms with Crippen LogP contribution in [0.2, 0.25) is 0 Å². The van der Waals surface area contributed by atoms with Crippen molar-refractivity contribution >= 4 is 41.9 Å². The predicted molar refractivity (Wildman–Crippen MR) is 79.6 cm³/mol. The Hall–Kier alpha value is -1.58. The van der Waals surface area contributed by atoms with Gasteiger partial charge in [-0.1, -0.05) is 12.1 Å². The number of rotatable bonds is 1. The van der Waals surface area contributed by atoms with Crippen LogP contribution in [-0.2, 0) is 0 Å². The molecular weight excluding hydrogens is 257 g/mol. The zero-order chi connectivity index (χ0) is 10.8. The lowest BCUT2D eigenvalue weighted by molar-refractivity contribution is 1.60. The average molecular weight is 272 g/mol. The zero-order valence-electron chi connectivity index (χ0n) is 9.09. The second kappa shape index (κ2) is 6.23. The molecule has 0 aliphatic carbocycles. The van der Waals surface area contributed by atoms with E-state index in [0.29, 0.717) is 17.1 Å². The van der Waals surface area contributed by atoms with Crippen LogP contribution in [0.4, 0.5) is 17.1 Å². The Morgan fingerprint density at radius 2 is 1.35 bits per heavy atom. The minimum atomic E-state index is 0. The standard InChI is InChI=1S/C12H13N3.2ClH/c13-9-3-1-2-8(6-9)11-7-10(14)4-5-12(11)15;;/h1-7H,13-15H2;2*1H. The Kier molecular flexibility index (Phi) is 5.65. The first-order valence-corrected chi connectivity index (χ1v) is 4.68. The highest BCUT2D eigenvalue weighted by molar-refractivity contribution is 5.85. The lowest BCUT2D eigenvalue weighted by Gasteiger charge is -2.07. The summed E-state index contributed by atoms with van der Waals surface area (Å²) in [5, 5.41) is 0. The van der Waals surface area contributed by atoms with Gasteiger partial charge in [-0.15, -0.1) is 24.8 Å². The number of benzene rings is 2. The van der Waals surface area contributed by atoms with E-state index in [9.17, 15) is 0 Å². The van der Waals surface area contributed by atoms with Gasteiger partial charge in [0.1, 0.15) is 0 Å². The average Bonchev–Trinajstić information content (AvgIpc) is 2.22. The Balaban J connectivity index is 0.00000128. The molecule has 0 saturated heterocycles. The van der Waals surface area contributed by atoms with Gasteiger partial charge in [0.25, 0.3) is 0 Å². The maximum absolute atomic E-state index is 5.88. The van der Waals surface area contributed by atoms with Crippen LogP contribution >= 0.6 is 24.8 Å². The second-order valence-corrected chi connectivity index (χ2v) is 3.47. The molecule has 6 N–H and O–H groups in total. The fourth-order valence-corrected chi connectivity index (χ4v) is 1.53. The number of hydrogen-bond acceptors (Lipinski definition) is 3. The van der Waals surface area contributed by atoms with Gasteiger partial charge in [0.2, 0.25) is 0 Å². The Bertz CT molecular complexity index is 501. The van der Waals surface area contributed by atoms with Crippen molar-refractivity contribution in [2.24, 2.45) is 0 Å². The molecule has 2 rings (SSSR count). The number of nitrogen functional groups attached to an aromatic ring is 3. The largest absolute Gasteiger partial charge is 0.399 e. The van der Waals surface area contributed by atoms with Crippen molar-refractivity contribution in [1.82, 2.24) is 0 Å². The molecule has 5 heteroatoms. The summed E-state index contributed by atoms with van der Waals surface area (Å²) in [5.74, 6) is 0. The molecule has 0 heterocycles. The first-order valence-electron chi connectivity index (χ1n) is 4.68. The first kappa shape index (κ1) is 15.4. The third-order valence-corrected chi connectivity index (χ3v) is 2.27. The van der Waals surface area contributed by atoms with E-state index < -0.39 is 0 Å². The maximum Gasteiger partial charge on any atom is 0.0395 e. The molecule has 92 valence electrons. The van der Waals surface area contributed by atoms with Crippen LogP contribution in [0.3, 0.4) is 0 Å². The van der Waals surface area contributed by atoms with Crippen LogP contribution in [0.1, 0.15) is 0 Å². The van der Waals surface area contributed by atoms with Gasteiger partial charge in [-0.05, 0) is 35.9 Å². The van der Waals surface area contributed by atoms with E-state index in [4.69, 9.17) is 17.2 Å². The van der Waals surface area contributed by atoms with Gasteiger partial charge >= 0.3 is 0 Å². The second-order valence-electron chi connectivity index (χ2n) is 3.47. The Morgan fingerprint density at radius 1 is 0.706 bits per heavy atom. The number of hydrogen-bond donors (Lipinski definition) is 3. The van der Waals surface area contributed by atoms with E-state index in [1.807, 2.05) is 30.3 Å². The summed E-state index contributed by atoms with van der Waals surface area (Å²) in [6, 6.07) is 13.0. The summed E-state index contributed by atoms with van der Waals surface area (Å²) in [7, 11) is 0. The van der Waals surface area contributed by atoms with Gasteiger partial charge in [-0.3, -0.25) is 0 Å². The number of anilines is 3. The van der Waals surface area contributed by atoms with Crippen LogP contribution in [0, 0.1) is 0 Å².